The first-order valence-electron chi connectivity index (χ1n) is 10.2. The Balaban J connectivity index is 1.63. The molecule has 0 aromatic heterocycles. The highest BCUT2D eigenvalue weighted by atomic mass is 16.5. The van der Waals surface area contributed by atoms with E-state index in [4.69, 9.17) is 9.84 Å². The number of carboxylic acids is 1. The minimum absolute atomic E-state index is 0.0242. The van der Waals surface area contributed by atoms with Crippen molar-refractivity contribution in [2.45, 2.75) is 64.2 Å². The Bertz CT molecular complexity index is 714. The first-order chi connectivity index (χ1) is 13.1. The molecule has 1 fully saturated rings. The van der Waals surface area contributed by atoms with Crippen molar-refractivity contribution in [1.29, 1.82) is 0 Å². The number of ether oxygens (including phenoxy) is 1. The number of benzene rings is 1. The molecule has 2 atom stereocenters. The highest BCUT2D eigenvalue weighted by molar-refractivity contribution is 5.69. The summed E-state index contributed by atoms with van der Waals surface area (Å²) >= 11 is 0. The summed E-state index contributed by atoms with van der Waals surface area (Å²) in [7, 11) is 0. The molecule has 0 heterocycles. The van der Waals surface area contributed by atoms with E-state index in [0.29, 0.717) is 11.3 Å². The summed E-state index contributed by atoms with van der Waals surface area (Å²) in [5.74, 6) is 6.07. The van der Waals surface area contributed by atoms with E-state index < -0.39 is 5.97 Å². The summed E-state index contributed by atoms with van der Waals surface area (Å²) in [4.78, 5) is 11.1. The van der Waals surface area contributed by atoms with Crippen molar-refractivity contribution >= 4 is 5.97 Å². The normalized spacial score (nSPS) is 21.9. The molecule has 0 bridgehead atoms. The molecule has 1 spiro atoms. The number of carboxylic acid groups (broad SMARTS) is 1. The van der Waals surface area contributed by atoms with Gasteiger partial charge in [-0.15, -0.1) is 5.92 Å². The summed E-state index contributed by atoms with van der Waals surface area (Å²) in [5.41, 5.74) is 1.37. The lowest BCUT2D eigenvalue weighted by atomic mass is 9.62. The zero-order chi connectivity index (χ0) is 19.1. The molecular formula is C24H30O3. The van der Waals surface area contributed by atoms with E-state index in [1.807, 2.05) is 24.3 Å². The maximum absolute atomic E-state index is 11.1. The number of hydrogen-bond donors (Lipinski definition) is 1. The topological polar surface area (TPSA) is 46.5 Å². The van der Waals surface area contributed by atoms with E-state index in [2.05, 4.69) is 24.0 Å². The van der Waals surface area contributed by atoms with Crippen LogP contribution in [-0.2, 0) is 4.79 Å². The third-order valence-electron chi connectivity index (χ3n) is 6.22. The van der Waals surface area contributed by atoms with Crippen molar-refractivity contribution in [1.82, 2.24) is 0 Å². The molecule has 0 amide bonds. The first kappa shape index (κ1) is 19.5. The zero-order valence-corrected chi connectivity index (χ0v) is 16.2. The fraction of sp³-hybridized carbons (Fsp3) is 0.542. The zero-order valence-electron chi connectivity index (χ0n) is 16.2. The van der Waals surface area contributed by atoms with E-state index in [9.17, 15) is 4.79 Å². The van der Waals surface area contributed by atoms with Gasteiger partial charge < -0.3 is 9.84 Å². The van der Waals surface area contributed by atoms with Gasteiger partial charge in [-0.2, -0.15) is 0 Å². The van der Waals surface area contributed by atoms with E-state index in [0.717, 1.165) is 17.9 Å². The van der Waals surface area contributed by atoms with Gasteiger partial charge >= 0.3 is 5.97 Å². The molecule has 3 nitrogen and oxygen atoms in total. The van der Waals surface area contributed by atoms with Gasteiger partial charge in [-0.1, -0.05) is 49.5 Å². The number of aliphatic carboxylic acids is 1. The smallest absolute Gasteiger partial charge is 0.304 e. The van der Waals surface area contributed by atoms with E-state index in [1.54, 1.807) is 6.92 Å². The minimum Gasteiger partial charge on any atom is -0.493 e. The predicted molar refractivity (Wildman–Crippen MR) is 108 cm³/mol. The van der Waals surface area contributed by atoms with Crippen LogP contribution in [0.25, 0.3) is 0 Å². The van der Waals surface area contributed by atoms with Crippen molar-refractivity contribution in [2.75, 3.05) is 6.61 Å². The second kappa shape index (κ2) is 9.13. The van der Waals surface area contributed by atoms with Crippen molar-refractivity contribution in [3.63, 3.8) is 0 Å². The predicted octanol–water partition coefficient (Wildman–Crippen LogP) is 5.56. The number of hydrogen-bond acceptors (Lipinski definition) is 2. The van der Waals surface area contributed by atoms with Crippen LogP contribution in [-0.4, -0.2) is 17.7 Å². The Labute approximate surface area is 162 Å². The largest absolute Gasteiger partial charge is 0.493 e. The maximum atomic E-state index is 11.1. The quantitative estimate of drug-likeness (QED) is 0.529. The average molecular weight is 367 g/mol. The summed E-state index contributed by atoms with van der Waals surface area (Å²) in [6.45, 7) is 2.47. The lowest BCUT2D eigenvalue weighted by molar-refractivity contribution is -0.137. The van der Waals surface area contributed by atoms with Gasteiger partial charge in [0.15, 0.2) is 0 Å². The lowest BCUT2D eigenvalue weighted by Gasteiger charge is -2.44. The number of allylic oxidation sites excluding steroid dienone is 1. The van der Waals surface area contributed by atoms with Gasteiger partial charge in [0.1, 0.15) is 5.75 Å². The van der Waals surface area contributed by atoms with Crippen LogP contribution in [0.3, 0.4) is 0 Å². The van der Waals surface area contributed by atoms with E-state index in [-0.39, 0.29) is 12.3 Å². The monoisotopic (exact) mass is 366 g/mol. The average Bonchev–Trinajstić information content (AvgIpc) is 2.68. The molecule has 27 heavy (non-hydrogen) atoms. The second-order valence-electron chi connectivity index (χ2n) is 7.92. The molecule has 0 aliphatic heterocycles. The summed E-state index contributed by atoms with van der Waals surface area (Å²) in [5, 5.41) is 9.08. The fourth-order valence-electron chi connectivity index (χ4n) is 4.71. The van der Waals surface area contributed by atoms with Crippen LogP contribution in [0.4, 0.5) is 0 Å². The van der Waals surface area contributed by atoms with Gasteiger partial charge in [0.2, 0.25) is 0 Å². The van der Waals surface area contributed by atoms with Crippen LogP contribution in [0.2, 0.25) is 0 Å². The lowest BCUT2D eigenvalue weighted by Crippen LogP contribution is -2.37. The Kier molecular flexibility index (Phi) is 6.61. The van der Waals surface area contributed by atoms with Gasteiger partial charge in [0, 0.05) is 5.92 Å². The molecule has 2 aliphatic carbocycles. The Hall–Kier alpha value is -2.21. The molecule has 3 rings (SSSR count). The highest BCUT2D eigenvalue weighted by Gasteiger charge is 2.39. The van der Waals surface area contributed by atoms with Crippen LogP contribution in [0.15, 0.2) is 36.4 Å². The van der Waals surface area contributed by atoms with Crippen molar-refractivity contribution in [3.8, 4) is 17.6 Å². The number of carbonyl (C=O) groups is 1. The van der Waals surface area contributed by atoms with Crippen molar-refractivity contribution in [2.24, 2.45) is 11.3 Å². The summed E-state index contributed by atoms with van der Waals surface area (Å²) < 4.78 is 6.15. The maximum Gasteiger partial charge on any atom is 0.304 e. The highest BCUT2D eigenvalue weighted by Crippen LogP contribution is 2.49. The molecule has 1 aromatic carbocycles. The number of rotatable bonds is 6. The van der Waals surface area contributed by atoms with Crippen molar-refractivity contribution in [3.05, 3.63) is 42.0 Å². The Morgan fingerprint density at radius 2 is 1.96 bits per heavy atom. The first-order valence-corrected chi connectivity index (χ1v) is 10.2. The molecule has 0 radical (unpaired) electrons. The van der Waals surface area contributed by atoms with Crippen LogP contribution in [0, 0.1) is 23.2 Å². The molecule has 1 N–H and O–H groups in total. The van der Waals surface area contributed by atoms with Crippen LogP contribution >= 0.6 is 0 Å². The van der Waals surface area contributed by atoms with Crippen LogP contribution in [0.1, 0.15) is 69.8 Å². The van der Waals surface area contributed by atoms with Gasteiger partial charge in [-0.3, -0.25) is 4.79 Å². The Morgan fingerprint density at radius 3 is 2.63 bits per heavy atom. The summed E-state index contributed by atoms with van der Waals surface area (Å²) in [6, 6.07) is 7.78. The van der Waals surface area contributed by atoms with E-state index in [1.165, 1.54) is 44.9 Å². The van der Waals surface area contributed by atoms with Crippen molar-refractivity contribution < 1.29 is 14.6 Å². The van der Waals surface area contributed by atoms with Gasteiger partial charge in [0.05, 0.1) is 18.9 Å². The standard InChI is InChI=1S/C24H30O3/c1-2-8-20(17-23(25)26)19-10-12-22(13-11-19)27-18-21-9-4-7-16-24(21)14-5-3-6-15-24/h4,9-13,20-21H,3,5-7,14-18H2,1H3,(H,25,26)/t20-,21?/m0/s1. The molecule has 1 aromatic rings. The van der Waals surface area contributed by atoms with Gasteiger partial charge in [-0.25, -0.2) is 0 Å². The molecule has 1 saturated carbocycles. The van der Waals surface area contributed by atoms with Gasteiger partial charge in [0.25, 0.3) is 0 Å². The Morgan fingerprint density at radius 1 is 1.22 bits per heavy atom. The fourth-order valence-corrected chi connectivity index (χ4v) is 4.71. The molecular weight excluding hydrogens is 336 g/mol. The molecule has 3 heteroatoms. The summed E-state index contributed by atoms with van der Waals surface area (Å²) in [6.07, 6.45) is 13.9. The molecule has 144 valence electrons. The van der Waals surface area contributed by atoms with Gasteiger partial charge in [-0.05, 0) is 55.7 Å². The third-order valence-corrected chi connectivity index (χ3v) is 6.22. The molecule has 0 saturated heterocycles. The molecule has 1 unspecified atom stereocenters. The van der Waals surface area contributed by atoms with E-state index >= 15 is 0 Å². The van der Waals surface area contributed by atoms with Crippen LogP contribution < -0.4 is 4.74 Å². The minimum atomic E-state index is -0.829. The SMILES string of the molecule is CC#C[C@@H](CC(=O)O)c1ccc(OCC2C=CCCC23CCCCC3)cc1. The second-order valence-corrected chi connectivity index (χ2v) is 7.92. The third kappa shape index (κ3) is 4.95. The molecule has 2 aliphatic rings. The van der Waals surface area contributed by atoms with Crippen LogP contribution in [0.5, 0.6) is 5.75 Å².